The second kappa shape index (κ2) is 8.00. The van der Waals surface area contributed by atoms with Crippen LogP contribution in [-0.2, 0) is 9.59 Å². The highest BCUT2D eigenvalue weighted by Gasteiger charge is 2.40. The summed E-state index contributed by atoms with van der Waals surface area (Å²) in [5, 5.41) is 4.71. The van der Waals surface area contributed by atoms with E-state index in [1.54, 1.807) is 6.20 Å². The van der Waals surface area contributed by atoms with Crippen molar-refractivity contribution < 1.29 is 9.59 Å². The van der Waals surface area contributed by atoms with Gasteiger partial charge in [0.2, 0.25) is 5.91 Å². The molecule has 0 radical (unpaired) electrons. The number of rotatable bonds is 4. The topological polar surface area (TPSA) is 64.7 Å². The van der Waals surface area contributed by atoms with E-state index in [2.05, 4.69) is 57.9 Å². The van der Waals surface area contributed by atoms with Crippen LogP contribution in [0.5, 0.6) is 0 Å². The Balaban J connectivity index is 1.40. The Morgan fingerprint density at radius 2 is 1.86 bits per heavy atom. The Morgan fingerprint density at radius 3 is 2.59 bits per heavy atom. The van der Waals surface area contributed by atoms with Crippen LogP contribution in [0.1, 0.15) is 29.2 Å². The molecule has 0 aliphatic carbocycles. The molecule has 0 spiro atoms. The Morgan fingerprint density at radius 1 is 1.14 bits per heavy atom. The number of amides is 2. The monoisotopic (exact) mass is 454 g/mol. The van der Waals surface area contributed by atoms with Crippen LogP contribution in [0.2, 0.25) is 0 Å². The minimum absolute atomic E-state index is 0.0187. The quantitative estimate of drug-likeness (QED) is 0.739. The molecule has 4 rings (SSSR count). The number of carbonyl (C=O) groups excluding carboxylic acids is 2. The number of carbonyl (C=O) groups is 2. The van der Waals surface area contributed by atoms with Gasteiger partial charge in [0.25, 0.3) is 5.91 Å². The number of benzene rings is 2. The number of hydrazine groups is 1. The number of fused-ring (bicyclic) bond motifs is 1. The molecular formula is C22H23BrN4O2. The van der Waals surface area contributed by atoms with E-state index in [1.807, 2.05) is 36.3 Å². The molecule has 1 fully saturated rings. The van der Waals surface area contributed by atoms with Crippen molar-refractivity contribution in [3.8, 4) is 0 Å². The van der Waals surface area contributed by atoms with Gasteiger partial charge in [-0.3, -0.25) is 9.59 Å². The minimum Gasteiger partial charge on any atom is -0.324 e. The van der Waals surface area contributed by atoms with Gasteiger partial charge >= 0.3 is 0 Å². The van der Waals surface area contributed by atoms with Gasteiger partial charge in [-0.25, -0.2) is 5.43 Å². The number of halogens is 1. The van der Waals surface area contributed by atoms with E-state index >= 15 is 0 Å². The molecule has 2 aromatic carbocycles. The van der Waals surface area contributed by atoms with Gasteiger partial charge in [0.05, 0.1) is 11.7 Å². The summed E-state index contributed by atoms with van der Waals surface area (Å²) in [5.74, 6) is -0.310. The maximum Gasteiger partial charge on any atom is 0.251 e. The molecule has 0 saturated carbocycles. The predicted octanol–water partition coefficient (Wildman–Crippen LogP) is 3.64. The molecule has 1 saturated heterocycles. The first-order valence-corrected chi connectivity index (χ1v) is 10.4. The molecule has 150 valence electrons. The van der Waals surface area contributed by atoms with E-state index in [-0.39, 0.29) is 30.4 Å². The summed E-state index contributed by atoms with van der Waals surface area (Å²) in [4.78, 5) is 26.9. The highest BCUT2D eigenvalue weighted by Crippen LogP contribution is 2.31. The van der Waals surface area contributed by atoms with Gasteiger partial charge in [0.1, 0.15) is 12.6 Å². The third kappa shape index (κ3) is 4.21. The van der Waals surface area contributed by atoms with Crippen LogP contribution in [0.15, 0.2) is 59.3 Å². The lowest BCUT2D eigenvalue weighted by atomic mass is 10.00. The van der Waals surface area contributed by atoms with Crippen LogP contribution in [0.4, 0.5) is 5.69 Å². The van der Waals surface area contributed by atoms with E-state index < -0.39 is 0 Å². The fraction of sp³-hybridized carbons (Fsp3) is 0.273. The van der Waals surface area contributed by atoms with Crippen LogP contribution >= 0.6 is 15.9 Å². The first-order chi connectivity index (χ1) is 13.9. The number of hydrogen-bond donors (Lipinski definition) is 2. The zero-order chi connectivity index (χ0) is 20.5. The number of nitrogens with one attached hydrogen (secondary N) is 2. The summed E-state index contributed by atoms with van der Waals surface area (Å²) in [6, 6.07) is 13.8. The average Bonchev–Trinajstić information content (AvgIpc) is 3.12. The molecule has 2 N–H and O–H groups in total. The van der Waals surface area contributed by atoms with E-state index in [9.17, 15) is 9.59 Å². The number of hydrogen-bond acceptors (Lipinski definition) is 4. The smallest absolute Gasteiger partial charge is 0.251 e. The summed E-state index contributed by atoms with van der Waals surface area (Å²) in [5.41, 5.74) is 7.53. The van der Waals surface area contributed by atoms with Crippen LogP contribution in [0, 0.1) is 13.8 Å². The van der Waals surface area contributed by atoms with Gasteiger partial charge in [-0.15, -0.1) is 0 Å². The normalized spacial score (nSPS) is 20.7. The third-order valence-electron chi connectivity index (χ3n) is 5.27. The zero-order valence-corrected chi connectivity index (χ0v) is 17.9. The van der Waals surface area contributed by atoms with Crippen molar-refractivity contribution >= 4 is 33.4 Å². The molecule has 2 amide bonds. The molecule has 29 heavy (non-hydrogen) atoms. The van der Waals surface area contributed by atoms with Gasteiger partial charge in [0, 0.05) is 16.9 Å². The average molecular weight is 455 g/mol. The minimum atomic E-state index is -0.315. The zero-order valence-electron chi connectivity index (χ0n) is 16.4. The van der Waals surface area contributed by atoms with Crippen LogP contribution in [0.25, 0.3) is 0 Å². The van der Waals surface area contributed by atoms with Gasteiger partial charge in [-0.05, 0) is 59.5 Å². The number of nitrogens with zero attached hydrogens (tertiary/aromatic N) is 2. The molecule has 2 atom stereocenters. The molecule has 2 aromatic rings. The van der Waals surface area contributed by atoms with E-state index in [0.717, 1.165) is 15.6 Å². The van der Waals surface area contributed by atoms with E-state index in [0.29, 0.717) is 12.1 Å². The molecule has 0 aromatic heterocycles. The molecule has 2 aliphatic heterocycles. The molecule has 6 nitrogen and oxygen atoms in total. The van der Waals surface area contributed by atoms with E-state index in [1.165, 1.54) is 10.5 Å². The highest BCUT2D eigenvalue weighted by atomic mass is 79.9. The molecular weight excluding hydrogens is 432 g/mol. The van der Waals surface area contributed by atoms with Crippen molar-refractivity contribution in [2.45, 2.75) is 32.4 Å². The lowest BCUT2D eigenvalue weighted by molar-refractivity contribution is -0.137. The Bertz CT molecular complexity index is 973. The van der Waals surface area contributed by atoms with Crippen molar-refractivity contribution in [1.29, 1.82) is 0 Å². The Labute approximate surface area is 178 Å². The number of anilines is 1. The number of aryl methyl sites for hydroxylation is 2. The molecule has 2 unspecified atom stereocenters. The SMILES string of the molecule is Cc1ccc(C2CC3C(=O)N(CC(=O)Nc4ccc(C)cc4Br)C=CN3N2)cc1. The first-order valence-electron chi connectivity index (χ1n) is 9.56. The van der Waals surface area contributed by atoms with Crippen LogP contribution in [0.3, 0.4) is 0 Å². The fourth-order valence-electron chi connectivity index (χ4n) is 3.65. The first kappa shape index (κ1) is 19.7. The summed E-state index contributed by atoms with van der Waals surface area (Å²) in [7, 11) is 0. The largest absolute Gasteiger partial charge is 0.324 e. The summed E-state index contributed by atoms with van der Waals surface area (Å²) >= 11 is 3.46. The van der Waals surface area contributed by atoms with Crippen molar-refractivity contribution in [1.82, 2.24) is 15.3 Å². The van der Waals surface area contributed by atoms with Gasteiger partial charge in [-0.2, -0.15) is 0 Å². The van der Waals surface area contributed by atoms with Gasteiger partial charge in [-0.1, -0.05) is 35.9 Å². The highest BCUT2D eigenvalue weighted by molar-refractivity contribution is 9.10. The molecule has 7 heteroatoms. The van der Waals surface area contributed by atoms with E-state index in [4.69, 9.17) is 0 Å². The summed E-state index contributed by atoms with van der Waals surface area (Å²) < 4.78 is 0.818. The maximum absolute atomic E-state index is 12.9. The summed E-state index contributed by atoms with van der Waals surface area (Å²) in [6.45, 7) is 4.02. The van der Waals surface area contributed by atoms with Crippen molar-refractivity contribution in [3.05, 3.63) is 76.0 Å². The van der Waals surface area contributed by atoms with Gasteiger partial charge in [0.15, 0.2) is 0 Å². The molecule has 2 aliphatic rings. The van der Waals surface area contributed by atoms with Crippen molar-refractivity contribution in [2.24, 2.45) is 0 Å². The van der Waals surface area contributed by atoms with Crippen LogP contribution < -0.4 is 10.7 Å². The standard InChI is InChI=1S/C22H23BrN4O2/c1-14-3-6-16(7-4-14)19-12-20-22(29)26(9-10-27(20)25-19)13-21(28)24-18-8-5-15(2)11-17(18)23/h3-11,19-20,25H,12-13H2,1-2H3,(H,24,28). The molecule has 2 heterocycles. The van der Waals surface area contributed by atoms with Crippen molar-refractivity contribution in [2.75, 3.05) is 11.9 Å². The van der Waals surface area contributed by atoms with Crippen LogP contribution in [-0.4, -0.2) is 34.3 Å². The van der Waals surface area contributed by atoms with Gasteiger partial charge < -0.3 is 15.2 Å². The lowest BCUT2D eigenvalue weighted by Gasteiger charge is -2.31. The lowest BCUT2D eigenvalue weighted by Crippen LogP contribution is -2.49. The predicted molar refractivity (Wildman–Crippen MR) is 116 cm³/mol. The second-order valence-electron chi connectivity index (χ2n) is 7.55. The van der Waals surface area contributed by atoms with Crippen molar-refractivity contribution in [3.63, 3.8) is 0 Å². The fourth-order valence-corrected chi connectivity index (χ4v) is 4.24. The maximum atomic E-state index is 12.9. The molecule has 0 bridgehead atoms. The third-order valence-corrected chi connectivity index (χ3v) is 5.92. The Kier molecular flexibility index (Phi) is 5.43. The Hall–Kier alpha value is -2.64. The summed E-state index contributed by atoms with van der Waals surface area (Å²) in [6.07, 6.45) is 4.15. The second-order valence-corrected chi connectivity index (χ2v) is 8.40.